The number of aryl methyl sites for hydroxylation is 3. The van der Waals surface area contributed by atoms with Gasteiger partial charge >= 0.3 is 5.97 Å². The number of ether oxygens (including phenoxy) is 1. The lowest BCUT2D eigenvalue weighted by Gasteiger charge is -2.09. The number of nitro groups is 1. The largest absolute Gasteiger partial charge is 0.452 e. The van der Waals surface area contributed by atoms with E-state index in [1.54, 1.807) is 32.0 Å². The van der Waals surface area contributed by atoms with Gasteiger partial charge in [0.2, 0.25) is 0 Å². The van der Waals surface area contributed by atoms with Crippen molar-refractivity contribution < 1.29 is 19.2 Å². The van der Waals surface area contributed by atoms with E-state index < -0.39 is 23.4 Å². The summed E-state index contributed by atoms with van der Waals surface area (Å²) in [5.41, 5.74) is 2.65. The number of nitrogens with zero attached hydrogens (tertiary/aromatic N) is 1. The first-order chi connectivity index (χ1) is 11.8. The standard InChI is InChI=1S/C18H18N2O5/c1-11-5-4-6-14(7-11)18(22)25-10-17(21)19-15-8-12(2)13(3)9-16(15)20(23)24/h4-9H,10H2,1-3H3,(H,19,21). The van der Waals surface area contributed by atoms with Crippen molar-refractivity contribution in [2.75, 3.05) is 11.9 Å². The third-order valence-electron chi connectivity index (χ3n) is 3.67. The molecule has 0 aromatic heterocycles. The smallest absolute Gasteiger partial charge is 0.338 e. The normalized spacial score (nSPS) is 10.2. The monoisotopic (exact) mass is 342 g/mol. The number of amides is 1. The van der Waals surface area contributed by atoms with Gasteiger partial charge in [0.15, 0.2) is 6.61 Å². The maximum atomic E-state index is 12.0. The summed E-state index contributed by atoms with van der Waals surface area (Å²) in [5, 5.41) is 13.5. The third-order valence-corrected chi connectivity index (χ3v) is 3.67. The number of benzene rings is 2. The summed E-state index contributed by atoms with van der Waals surface area (Å²) >= 11 is 0. The molecule has 0 spiro atoms. The van der Waals surface area contributed by atoms with Crippen molar-refractivity contribution in [3.8, 4) is 0 Å². The number of carbonyl (C=O) groups excluding carboxylic acids is 2. The Morgan fingerprint density at radius 1 is 1.12 bits per heavy atom. The van der Waals surface area contributed by atoms with Gasteiger partial charge in [0.1, 0.15) is 5.69 Å². The summed E-state index contributed by atoms with van der Waals surface area (Å²) in [6, 6.07) is 9.69. The van der Waals surface area contributed by atoms with Crippen LogP contribution in [0.25, 0.3) is 0 Å². The van der Waals surface area contributed by atoms with Crippen molar-refractivity contribution in [1.82, 2.24) is 0 Å². The highest BCUT2D eigenvalue weighted by molar-refractivity contribution is 5.97. The fraction of sp³-hybridized carbons (Fsp3) is 0.222. The van der Waals surface area contributed by atoms with Crippen LogP contribution in [0.15, 0.2) is 36.4 Å². The maximum absolute atomic E-state index is 12.0. The van der Waals surface area contributed by atoms with E-state index in [2.05, 4.69) is 5.32 Å². The Balaban J connectivity index is 2.04. The second-order valence-electron chi connectivity index (χ2n) is 5.70. The Morgan fingerprint density at radius 2 is 1.80 bits per heavy atom. The molecule has 0 aliphatic heterocycles. The molecule has 2 aromatic rings. The summed E-state index contributed by atoms with van der Waals surface area (Å²) in [6.45, 7) is 4.84. The van der Waals surface area contributed by atoms with Gasteiger partial charge in [-0.05, 0) is 50.1 Å². The third kappa shape index (κ3) is 4.63. The molecule has 0 aliphatic rings. The Hall–Kier alpha value is -3.22. The van der Waals surface area contributed by atoms with E-state index in [1.807, 2.05) is 13.0 Å². The van der Waals surface area contributed by atoms with E-state index in [9.17, 15) is 19.7 Å². The van der Waals surface area contributed by atoms with Crippen molar-refractivity contribution in [1.29, 1.82) is 0 Å². The molecule has 0 heterocycles. The first-order valence-electron chi connectivity index (χ1n) is 7.57. The average Bonchev–Trinajstić information content (AvgIpc) is 2.55. The molecule has 1 amide bonds. The van der Waals surface area contributed by atoms with Crippen LogP contribution in [0.2, 0.25) is 0 Å². The molecule has 0 saturated carbocycles. The van der Waals surface area contributed by atoms with Crippen molar-refractivity contribution in [3.05, 3.63) is 68.8 Å². The van der Waals surface area contributed by atoms with Crippen molar-refractivity contribution in [2.24, 2.45) is 0 Å². The number of rotatable bonds is 5. The number of carbonyl (C=O) groups is 2. The minimum Gasteiger partial charge on any atom is -0.452 e. The second kappa shape index (κ2) is 7.57. The maximum Gasteiger partial charge on any atom is 0.338 e. The lowest BCUT2D eigenvalue weighted by Crippen LogP contribution is -2.21. The molecule has 2 rings (SSSR count). The highest BCUT2D eigenvalue weighted by atomic mass is 16.6. The van der Waals surface area contributed by atoms with E-state index in [1.165, 1.54) is 12.1 Å². The van der Waals surface area contributed by atoms with Crippen molar-refractivity contribution in [2.45, 2.75) is 20.8 Å². The van der Waals surface area contributed by atoms with Gasteiger partial charge < -0.3 is 10.1 Å². The first-order valence-corrected chi connectivity index (χ1v) is 7.57. The number of esters is 1. The molecule has 0 unspecified atom stereocenters. The van der Waals surface area contributed by atoms with E-state index in [-0.39, 0.29) is 11.4 Å². The number of hydrogen-bond donors (Lipinski definition) is 1. The quantitative estimate of drug-likeness (QED) is 0.510. The summed E-state index contributed by atoms with van der Waals surface area (Å²) in [5.74, 6) is -1.28. The van der Waals surface area contributed by atoms with Crippen LogP contribution in [0.3, 0.4) is 0 Å². The predicted molar refractivity (Wildman–Crippen MR) is 92.7 cm³/mol. The van der Waals surface area contributed by atoms with E-state index >= 15 is 0 Å². The van der Waals surface area contributed by atoms with Gasteiger partial charge in [-0.25, -0.2) is 4.79 Å². The SMILES string of the molecule is Cc1cccc(C(=O)OCC(=O)Nc2cc(C)c(C)cc2[N+](=O)[O-])c1. The molecule has 0 fully saturated rings. The number of hydrogen-bond acceptors (Lipinski definition) is 5. The molecule has 0 atom stereocenters. The van der Waals surface area contributed by atoms with Crippen LogP contribution in [0.1, 0.15) is 27.0 Å². The molecule has 130 valence electrons. The lowest BCUT2D eigenvalue weighted by atomic mass is 10.1. The van der Waals surface area contributed by atoms with Gasteiger partial charge in [0, 0.05) is 6.07 Å². The van der Waals surface area contributed by atoms with Crippen LogP contribution >= 0.6 is 0 Å². The van der Waals surface area contributed by atoms with Crippen LogP contribution in [-0.2, 0) is 9.53 Å². The first kappa shape index (κ1) is 18.1. The fourth-order valence-electron chi connectivity index (χ4n) is 2.22. The molecule has 7 heteroatoms. The van der Waals surface area contributed by atoms with Crippen molar-refractivity contribution in [3.63, 3.8) is 0 Å². The van der Waals surface area contributed by atoms with Gasteiger partial charge in [-0.2, -0.15) is 0 Å². The highest BCUT2D eigenvalue weighted by Gasteiger charge is 2.18. The predicted octanol–water partition coefficient (Wildman–Crippen LogP) is 3.32. The molecule has 0 bridgehead atoms. The van der Waals surface area contributed by atoms with Gasteiger partial charge in [0.25, 0.3) is 11.6 Å². The van der Waals surface area contributed by atoms with Gasteiger partial charge in [-0.3, -0.25) is 14.9 Å². The van der Waals surface area contributed by atoms with Crippen LogP contribution < -0.4 is 5.32 Å². The zero-order chi connectivity index (χ0) is 18.6. The number of nitro benzene ring substituents is 1. The van der Waals surface area contributed by atoms with Crippen LogP contribution in [0.4, 0.5) is 11.4 Å². The Kier molecular flexibility index (Phi) is 5.49. The number of anilines is 1. The fourth-order valence-corrected chi connectivity index (χ4v) is 2.22. The average molecular weight is 342 g/mol. The van der Waals surface area contributed by atoms with E-state index in [0.29, 0.717) is 5.56 Å². The molecule has 2 aromatic carbocycles. The Morgan fingerprint density at radius 3 is 2.44 bits per heavy atom. The summed E-state index contributed by atoms with van der Waals surface area (Å²) in [7, 11) is 0. The molecule has 1 N–H and O–H groups in total. The van der Waals surface area contributed by atoms with Crippen molar-refractivity contribution >= 4 is 23.3 Å². The minimum absolute atomic E-state index is 0.0738. The summed E-state index contributed by atoms with van der Waals surface area (Å²) in [6.07, 6.45) is 0. The molecular formula is C18H18N2O5. The second-order valence-corrected chi connectivity index (χ2v) is 5.70. The molecular weight excluding hydrogens is 324 g/mol. The van der Waals surface area contributed by atoms with Gasteiger partial charge in [-0.1, -0.05) is 17.7 Å². The summed E-state index contributed by atoms with van der Waals surface area (Å²) < 4.78 is 4.95. The topological polar surface area (TPSA) is 98.5 Å². The van der Waals surface area contributed by atoms with Crippen LogP contribution in [-0.4, -0.2) is 23.4 Å². The van der Waals surface area contributed by atoms with Crippen LogP contribution in [0.5, 0.6) is 0 Å². The summed E-state index contributed by atoms with van der Waals surface area (Å²) in [4.78, 5) is 34.4. The zero-order valence-electron chi connectivity index (χ0n) is 14.2. The molecule has 25 heavy (non-hydrogen) atoms. The molecule has 0 saturated heterocycles. The highest BCUT2D eigenvalue weighted by Crippen LogP contribution is 2.27. The lowest BCUT2D eigenvalue weighted by molar-refractivity contribution is -0.384. The van der Waals surface area contributed by atoms with E-state index in [0.717, 1.165) is 16.7 Å². The zero-order valence-corrected chi connectivity index (χ0v) is 14.2. The van der Waals surface area contributed by atoms with Crippen LogP contribution in [0, 0.1) is 30.9 Å². The molecule has 0 radical (unpaired) electrons. The Bertz CT molecular complexity index is 845. The Labute approximate surface area is 144 Å². The van der Waals surface area contributed by atoms with Gasteiger partial charge in [-0.15, -0.1) is 0 Å². The minimum atomic E-state index is -0.646. The molecule has 7 nitrogen and oxygen atoms in total. The molecule has 0 aliphatic carbocycles. The van der Waals surface area contributed by atoms with Gasteiger partial charge in [0.05, 0.1) is 10.5 Å². The number of nitrogens with one attached hydrogen (secondary N) is 1. The van der Waals surface area contributed by atoms with E-state index in [4.69, 9.17) is 4.74 Å².